The molecule has 0 saturated carbocycles. The van der Waals surface area contributed by atoms with Gasteiger partial charge in [-0.1, -0.05) is 66.7 Å². The third-order valence-corrected chi connectivity index (χ3v) is 6.12. The minimum absolute atomic E-state index is 0.0536. The Morgan fingerprint density at radius 2 is 1.48 bits per heavy atom. The Balaban J connectivity index is 1.99. The van der Waals surface area contributed by atoms with Gasteiger partial charge in [0.1, 0.15) is 0 Å². The van der Waals surface area contributed by atoms with E-state index in [4.69, 9.17) is 0 Å². The van der Waals surface area contributed by atoms with Crippen LogP contribution >= 0.6 is 15.9 Å². The van der Waals surface area contributed by atoms with Crippen LogP contribution in [0.25, 0.3) is 0 Å². The Hall–Kier alpha value is -2.11. The number of hydrogen-bond acceptors (Lipinski definition) is 2. The molecule has 3 aromatic carbocycles. The van der Waals surface area contributed by atoms with Crippen LogP contribution in [-0.4, -0.2) is 8.42 Å². The molecule has 0 amide bonds. The van der Waals surface area contributed by atoms with E-state index in [9.17, 15) is 8.42 Å². The molecule has 0 heterocycles. The Morgan fingerprint density at radius 3 is 2.08 bits per heavy atom. The first kappa shape index (κ1) is 17.7. The van der Waals surface area contributed by atoms with Gasteiger partial charge in [-0.3, -0.25) is 4.31 Å². The van der Waals surface area contributed by atoms with Crippen molar-refractivity contribution in [3.63, 3.8) is 0 Å². The predicted octanol–water partition coefficient (Wildman–Crippen LogP) is 4.79. The maximum atomic E-state index is 13.1. The molecule has 3 aromatic rings. The molecule has 0 N–H and O–H groups in total. The predicted molar refractivity (Wildman–Crippen MR) is 105 cm³/mol. The average Bonchev–Trinajstić information content (AvgIpc) is 2.62. The van der Waals surface area contributed by atoms with Crippen LogP contribution in [0.2, 0.25) is 0 Å². The summed E-state index contributed by atoms with van der Waals surface area (Å²) in [6, 6.07) is 27.0. The Kier molecular flexibility index (Phi) is 5.56. The fourth-order valence-electron chi connectivity index (χ4n) is 2.54. The first-order chi connectivity index (χ1) is 12.1. The van der Waals surface area contributed by atoms with Crippen LogP contribution < -0.4 is 4.31 Å². The highest BCUT2D eigenvalue weighted by molar-refractivity contribution is 9.10. The van der Waals surface area contributed by atoms with E-state index in [2.05, 4.69) is 22.0 Å². The van der Waals surface area contributed by atoms with Crippen molar-refractivity contribution in [3.05, 3.63) is 101 Å². The van der Waals surface area contributed by atoms with Gasteiger partial charge in [-0.15, -0.1) is 0 Å². The molecule has 5 heteroatoms. The topological polar surface area (TPSA) is 37.4 Å². The number of nitrogens with zero attached hydrogens (tertiary/aromatic N) is 1. The van der Waals surface area contributed by atoms with E-state index in [0.29, 0.717) is 5.69 Å². The number of benzene rings is 3. The van der Waals surface area contributed by atoms with Crippen LogP contribution in [0.15, 0.2) is 83.3 Å². The summed E-state index contributed by atoms with van der Waals surface area (Å²) in [5.74, 6) is -0.0536. The molecule has 0 bridgehead atoms. The van der Waals surface area contributed by atoms with Crippen molar-refractivity contribution in [1.29, 1.82) is 0 Å². The number of sulfonamides is 1. The standard InChI is InChI=1S/C20H17BrNO2S/c21-19-13-7-8-14-20(19)22(15-17-9-3-1-4-10-17)25(23,24)16-18-11-5-2-6-12-18/h1-7,9-14H,15-16H2. The van der Waals surface area contributed by atoms with Gasteiger partial charge < -0.3 is 0 Å². The normalized spacial score (nSPS) is 11.2. The quantitative estimate of drug-likeness (QED) is 0.581. The monoisotopic (exact) mass is 414 g/mol. The summed E-state index contributed by atoms with van der Waals surface area (Å²) in [7, 11) is -3.57. The molecule has 127 valence electrons. The van der Waals surface area contributed by atoms with Gasteiger partial charge in [0.25, 0.3) is 0 Å². The maximum absolute atomic E-state index is 13.1. The third kappa shape index (κ3) is 4.50. The molecule has 0 aromatic heterocycles. The lowest BCUT2D eigenvalue weighted by Crippen LogP contribution is -2.32. The minimum atomic E-state index is -3.57. The summed E-state index contributed by atoms with van der Waals surface area (Å²) >= 11 is 3.46. The second-order valence-corrected chi connectivity index (χ2v) is 8.36. The largest absolute Gasteiger partial charge is 0.264 e. The zero-order valence-corrected chi connectivity index (χ0v) is 15.9. The number of hydrogen-bond donors (Lipinski definition) is 0. The van der Waals surface area contributed by atoms with Crippen molar-refractivity contribution in [3.8, 4) is 0 Å². The van der Waals surface area contributed by atoms with E-state index in [1.54, 1.807) is 18.2 Å². The average molecular weight is 415 g/mol. The van der Waals surface area contributed by atoms with Crippen LogP contribution in [0.1, 0.15) is 11.1 Å². The fourth-order valence-corrected chi connectivity index (χ4v) is 4.68. The van der Waals surface area contributed by atoms with Crippen LogP contribution in [0.3, 0.4) is 0 Å². The van der Waals surface area contributed by atoms with Gasteiger partial charge in [0.05, 0.1) is 18.0 Å². The van der Waals surface area contributed by atoms with Crippen molar-refractivity contribution in [1.82, 2.24) is 0 Å². The highest BCUT2D eigenvalue weighted by atomic mass is 79.9. The van der Waals surface area contributed by atoms with Gasteiger partial charge in [-0.25, -0.2) is 8.42 Å². The molecule has 0 atom stereocenters. The first-order valence-electron chi connectivity index (χ1n) is 7.80. The van der Waals surface area contributed by atoms with E-state index in [1.807, 2.05) is 60.7 Å². The summed E-state index contributed by atoms with van der Waals surface area (Å²) in [5, 5.41) is 0. The molecule has 25 heavy (non-hydrogen) atoms. The molecular weight excluding hydrogens is 398 g/mol. The minimum Gasteiger partial charge on any atom is -0.264 e. The van der Waals surface area contributed by atoms with E-state index in [0.717, 1.165) is 15.6 Å². The molecule has 0 aliphatic rings. The van der Waals surface area contributed by atoms with E-state index >= 15 is 0 Å². The van der Waals surface area contributed by atoms with E-state index in [1.165, 1.54) is 4.31 Å². The summed E-state index contributed by atoms with van der Waals surface area (Å²) in [6.07, 6.45) is 0. The summed E-state index contributed by atoms with van der Waals surface area (Å²) in [5.41, 5.74) is 2.27. The first-order valence-corrected chi connectivity index (χ1v) is 10.2. The van der Waals surface area contributed by atoms with Gasteiger partial charge in [0.15, 0.2) is 0 Å². The molecule has 0 saturated heterocycles. The zero-order chi connectivity index (χ0) is 17.7. The van der Waals surface area contributed by atoms with Crippen LogP contribution in [0.4, 0.5) is 5.69 Å². The van der Waals surface area contributed by atoms with Gasteiger partial charge in [-0.2, -0.15) is 0 Å². The number of halogens is 1. The molecule has 3 rings (SSSR count). The highest BCUT2D eigenvalue weighted by Crippen LogP contribution is 2.30. The smallest absolute Gasteiger partial charge is 0.239 e. The maximum Gasteiger partial charge on any atom is 0.239 e. The molecule has 0 fully saturated rings. The lowest BCUT2D eigenvalue weighted by atomic mass is 10.2. The van der Waals surface area contributed by atoms with Crippen LogP contribution in [0, 0.1) is 6.07 Å². The van der Waals surface area contributed by atoms with Crippen molar-refractivity contribution in [2.45, 2.75) is 12.3 Å². The van der Waals surface area contributed by atoms with Gasteiger partial charge in [0, 0.05) is 4.47 Å². The summed E-state index contributed by atoms with van der Waals surface area (Å²) in [4.78, 5) is 0. The van der Waals surface area contributed by atoms with Crippen molar-refractivity contribution in [2.24, 2.45) is 0 Å². The van der Waals surface area contributed by atoms with Crippen LogP contribution in [0.5, 0.6) is 0 Å². The summed E-state index contributed by atoms with van der Waals surface area (Å²) < 4.78 is 28.5. The van der Waals surface area contributed by atoms with Crippen molar-refractivity contribution < 1.29 is 8.42 Å². The molecule has 0 unspecified atom stereocenters. The van der Waals surface area contributed by atoms with Gasteiger partial charge in [-0.05, 0) is 45.3 Å². The second-order valence-electron chi connectivity index (χ2n) is 5.61. The highest BCUT2D eigenvalue weighted by Gasteiger charge is 2.25. The Labute approximate surface area is 157 Å². The number of anilines is 1. The molecule has 0 spiro atoms. The molecule has 0 aliphatic carbocycles. The fraction of sp³-hybridized carbons (Fsp3) is 0.100. The lowest BCUT2D eigenvalue weighted by Gasteiger charge is -2.25. The van der Waals surface area contributed by atoms with Crippen molar-refractivity contribution >= 4 is 31.6 Å². The molecule has 1 radical (unpaired) electrons. The second kappa shape index (κ2) is 7.85. The van der Waals surface area contributed by atoms with Crippen molar-refractivity contribution in [2.75, 3.05) is 4.31 Å². The number of rotatable bonds is 6. The third-order valence-electron chi connectivity index (χ3n) is 3.76. The van der Waals surface area contributed by atoms with E-state index in [-0.39, 0.29) is 12.3 Å². The molecule has 0 aliphatic heterocycles. The Morgan fingerprint density at radius 1 is 0.880 bits per heavy atom. The van der Waals surface area contributed by atoms with Crippen LogP contribution in [-0.2, 0) is 22.3 Å². The SMILES string of the molecule is O=S(=O)(Cc1ccccc1)N(Cc1ccccc1)c1c[c]ccc1Br. The molecule has 3 nitrogen and oxygen atoms in total. The van der Waals surface area contributed by atoms with E-state index < -0.39 is 10.0 Å². The molecular formula is C20H17BrNO2S. The lowest BCUT2D eigenvalue weighted by molar-refractivity contribution is 0.589. The zero-order valence-electron chi connectivity index (χ0n) is 13.5. The van der Waals surface area contributed by atoms with Gasteiger partial charge >= 0.3 is 0 Å². The Bertz CT molecular complexity index is 928. The van der Waals surface area contributed by atoms with Gasteiger partial charge in [0.2, 0.25) is 10.0 Å². The summed E-state index contributed by atoms with van der Waals surface area (Å²) in [6.45, 7) is 0.270.